The molecular formula is C18H30N2O3. The number of amides is 1. The molecular weight excluding hydrogens is 292 g/mol. The molecule has 0 aliphatic rings. The van der Waals surface area contributed by atoms with E-state index < -0.39 is 12.2 Å². The number of hydroxylamine groups is 2. The van der Waals surface area contributed by atoms with Gasteiger partial charge in [0.15, 0.2) is 0 Å². The van der Waals surface area contributed by atoms with Crippen molar-refractivity contribution in [2.75, 3.05) is 6.54 Å². The molecule has 0 saturated heterocycles. The summed E-state index contributed by atoms with van der Waals surface area (Å²) in [6, 6.07) is 9.96. The molecule has 0 bridgehead atoms. The van der Waals surface area contributed by atoms with E-state index >= 15 is 0 Å². The first kappa shape index (κ1) is 19.5. The molecule has 2 atom stereocenters. The molecule has 1 rings (SSSR count). The summed E-state index contributed by atoms with van der Waals surface area (Å²) in [4.78, 5) is 17.6. The van der Waals surface area contributed by atoms with Gasteiger partial charge < -0.3 is 15.3 Å². The maximum Gasteiger partial charge on any atom is 0.426 e. The molecule has 2 N–H and O–H groups in total. The third kappa shape index (κ3) is 6.20. The number of aliphatic hydroxyl groups is 1. The lowest BCUT2D eigenvalue weighted by molar-refractivity contribution is -0.179. The van der Waals surface area contributed by atoms with Crippen LogP contribution >= 0.6 is 0 Å². The highest BCUT2D eigenvalue weighted by Gasteiger charge is 2.36. The zero-order chi connectivity index (χ0) is 17.6. The van der Waals surface area contributed by atoms with E-state index in [1.807, 2.05) is 44.2 Å². The molecule has 0 aromatic heterocycles. The molecule has 0 aliphatic carbocycles. The second kappa shape index (κ2) is 8.31. The lowest BCUT2D eigenvalue weighted by Gasteiger charge is -2.40. The van der Waals surface area contributed by atoms with Gasteiger partial charge in [0.25, 0.3) is 0 Å². The summed E-state index contributed by atoms with van der Waals surface area (Å²) < 4.78 is 0. The summed E-state index contributed by atoms with van der Waals surface area (Å²) >= 11 is 0. The highest BCUT2D eigenvalue weighted by Crippen LogP contribution is 2.39. The molecule has 130 valence electrons. The van der Waals surface area contributed by atoms with Crippen molar-refractivity contribution in [1.29, 1.82) is 0 Å². The monoisotopic (exact) mass is 322 g/mol. The quantitative estimate of drug-likeness (QED) is 0.787. The van der Waals surface area contributed by atoms with Crippen LogP contribution in [0.2, 0.25) is 0 Å². The van der Waals surface area contributed by atoms with Crippen LogP contribution in [0.3, 0.4) is 0 Å². The van der Waals surface area contributed by atoms with Gasteiger partial charge in [0.1, 0.15) is 0 Å². The lowest BCUT2D eigenvalue weighted by atomic mass is 9.81. The lowest BCUT2D eigenvalue weighted by Crippen LogP contribution is -2.45. The van der Waals surface area contributed by atoms with Gasteiger partial charge in [0.2, 0.25) is 0 Å². The number of rotatable bonds is 6. The Hall–Kier alpha value is -1.59. The Morgan fingerprint density at radius 1 is 1.22 bits per heavy atom. The first-order valence-electron chi connectivity index (χ1n) is 8.10. The summed E-state index contributed by atoms with van der Waals surface area (Å²) in [7, 11) is 0. The molecule has 0 radical (unpaired) electrons. The number of aliphatic hydroxyl groups excluding tert-OH is 1. The van der Waals surface area contributed by atoms with Crippen molar-refractivity contribution in [2.24, 2.45) is 5.41 Å². The fourth-order valence-electron chi connectivity index (χ4n) is 2.48. The first-order chi connectivity index (χ1) is 10.6. The molecule has 23 heavy (non-hydrogen) atoms. The predicted molar refractivity (Wildman–Crippen MR) is 91.8 cm³/mol. The summed E-state index contributed by atoms with van der Waals surface area (Å²) in [6.07, 6.45) is -1.16. The SMILES string of the molecule is CC(O)CNC(=O)ON(C(C)C)C(c1ccccc1)C(C)(C)C. The van der Waals surface area contributed by atoms with Gasteiger partial charge >= 0.3 is 6.09 Å². The number of carbonyl (C=O) groups is 1. The van der Waals surface area contributed by atoms with Crippen LogP contribution in [0.15, 0.2) is 30.3 Å². The molecule has 0 spiro atoms. The Morgan fingerprint density at radius 3 is 2.22 bits per heavy atom. The third-order valence-electron chi connectivity index (χ3n) is 3.43. The van der Waals surface area contributed by atoms with E-state index in [1.54, 1.807) is 12.0 Å². The summed E-state index contributed by atoms with van der Waals surface area (Å²) in [5.41, 5.74) is 0.966. The van der Waals surface area contributed by atoms with Crippen molar-refractivity contribution in [3.05, 3.63) is 35.9 Å². The van der Waals surface area contributed by atoms with E-state index in [0.29, 0.717) is 0 Å². The minimum Gasteiger partial charge on any atom is -0.392 e. The Labute approximate surface area is 139 Å². The largest absolute Gasteiger partial charge is 0.426 e. The molecule has 0 heterocycles. The molecule has 0 fully saturated rings. The summed E-state index contributed by atoms with van der Waals surface area (Å²) in [5.74, 6) is 0. The Kier molecular flexibility index (Phi) is 7.03. The van der Waals surface area contributed by atoms with Crippen LogP contribution < -0.4 is 5.32 Å². The van der Waals surface area contributed by atoms with Gasteiger partial charge in [-0.15, -0.1) is 5.06 Å². The molecule has 5 nitrogen and oxygen atoms in total. The van der Waals surface area contributed by atoms with Crippen molar-refractivity contribution in [1.82, 2.24) is 10.4 Å². The van der Waals surface area contributed by atoms with E-state index in [2.05, 4.69) is 26.1 Å². The van der Waals surface area contributed by atoms with Gasteiger partial charge in [-0.3, -0.25) is 0 Å². The highest BCUT2D eigenvalue weighted by molar-refractivity contribution is 5.66. The Balaban J connectivity index is 3.01. The van der Waals surface area contributed by atoms with Crippen LogP contribution in [0.5, 0.6) is 0 Å². The van der Waals surface area contributed by atoms with Crippen molar-refractivity contribution in [2.45, 2.75) is 59.7 Å². The van der Waals surface area contributed by atoms with Crippen LogP contribution in [-0.2, 0) is 4.84 Å². The van der Waals surface area contributed by atoms with E-state index in [-0.39, 0.29) is 24.0 Å². The van der Waals surface area contributed by atoms with Crippen LogP contribution in [-0.4, -0.2) is 35.0 Å². The van der Waals surface area contributed by atoms with Crippen LogP contribution in [0.25, 0.3) is 0 Å². The van der Waals surface area contributed by atoms with Crippen LogP contribution in [0, 0.1) is 5.41 Å². The summed E-state index contributed by atoms with van der Waals surface area (Å²) in [5, 5.41) is 13.6. The zero-order valence-corrected chi connectivity index (χ0v) is 15.0. The fraction of sp³-hybridized carbons (Fsp3) is 0.611. The van der Waals surface area contributed by atoms with Crippen molar-refractivity contribution in [3.8, 4) is 0 Å². The Morgan fingerprint density at radius 2 is 1.78 bits per heavy atom. The van der Waals surface area contributed by atoms with Crippen molar-refractivity contribution < 1.29 is 14.7 Å². The minimum absolute atomic E-state index is 0.0109. The minimum atomic E-state index is -0.609. The first-order valence-corrected chi connectivity index (χ1v) is 8.10. The molecule has 1 aromatic rings. The normalized spacial score (nSPS) is 14.7. The topological polar surface area (TPSA) is 61.8 Å². The fourth-order valence-corrected chi connectivity index (χ4v) is 2.48. The average Bonchev–Trinajstić information content (AvgIpc) is 2.44. The standard InChI is InChI=1S/C18H30N2O3/c1-13(2)20(23-17(22)19-12-14(3)21)16(18(4,5)6)15-10-8-7-9-11-15/h7-11,13-14,16,21H,12H2,1-6H3,(H,19,22). The summed E-state index contributed by atoms with van der Waals surface area (Å²) in [6.45, 7) is 12.1. The number of hydrogen-bond acceptors (Lipinski definition) is 4. The molecule has 2 unspecified atom stereocenters. The van der Waals surface area contributed by atoms with Gasteiger partial charge in [-0.25, -0.2) is 4.79 Å². The highest BCUT2D eigenvalue weighted by atomic mass is 16.7. The second-order valence-corrected chi connectivity index (χ2v) is 7.24. The molecule has 5 heteroatoms. The van der Waals surface area contributed by atoms with E-state index in [9.17, 15) is 9.90 Å². The second-order valence-electron chi connectivity index (χ2n) is 7.24. The smallest absolute Gasteiger partial charge is 0.392 e. The molecule has 0 saturated carbocycles. The average molecular weight is 322 g/mol. The number of nitrogens with one attached hydrogen (secondary N) is 1. The van der Waals surface area contributed by atoms with E-state index in [0.717, 1.165) is 5.56 Å². The number of hydrogen-bond donors (Lipinski definition) is 2. The van der Waals surface area contributed by atoms with Gasteiger partial charge in [-0.1, -0.05) is 51.1 Å². The number of carbonyl (C=O) groups excluding carboxylic acids is 1. The number of benzene rings is 1. The molecule has 0 aliphatic heterocycles. The maximum atomic E-state index is 12.0. The molecule has 1 amide bonds. The van der Waals surface area contributed by atoms with E-state index in [1.165, 1.54) is 0 Å². The van der Waals surface area contributed by atoms with Crippen LogP contribution in [0.1, 0.15) is 53.1 Å². The molecule has 1 aromatic carbocycles. The maximum absolute atomic E-state index is 12.0. The third-order valence-corrected chi connectivity index (χ3v) is 3.43. The van der Waals surface area contributed by atoms with Gasteiger partial charge in [-0.2, -0.15) is 0 Å². The Bertz CT molecular complexity index is 481. The van der Waals surface area contributed by atoms with Crippen molar-refractivity contribution >= 4 is 6.09 Å². The van der Waals surface area contributed by atoms with Gasteiger partial charge in [0, 0.05) is 12.6 Å². The predicted octanol–water partition coefficient (Wildman–Crippen LogP) is 3.51. The van der Waals surface area contributed by atoms with Gasteiger partial charge in [-0.05, 0) is 31.7 Å². The van der Waals surface area contributed by atoms with E-state index in [4.69, 9.17) is 4.84 Å². The van der Waals surface area contributed by atoms with Crippen molar-refractivity contribution in [3.63, 3.8) is 0 Å². The zero-order valence-electron chi connectivity index (χ0n) is 15.0. The van der Waals surface area contributed by atoms with Crippen LogP contribution in [0.4, 0.5) is 4.79 Å². The van der Waals surface area contributed by atoms with Gasteiger partial charge in [0.05, 0.1) is 12.1 Å². The number of nitrogens with zero attached hydrogens (tertiary/aromatic N) is 1.